The van der Waals surface area contributed by atoms with Gasteiger partial charge >= 0.3 is 0 Å². The van der Waals surface area contributed by atoms with Crippen LogP contribution in [0.25, 0.3) is 11.3 Å². The monoisotopic (exact) mass is 505 g/mol. The molecule has 3 rings (SSSR count). The van der Waals surface area contributed by atoms with Gasteiger partial charge in [-0.05, 0) is 23.8 Å². The minimum absolute atomic E-state index is 0. The summed E-state index contributed by atoms with van der Waals surface area (Å²) in [4.78, 5) is 13.0. The number of hydrogen-bond donors (Lipinski definition) is 2. The SMILES string of the molecule is CN=C(NCc1cccc(-c2ccccn2)c1)NCc1ncc(C(C)(C)C)o1.I. The molecule has 0 bridgehead atoms. The van der Waals surface area contributed by atoms with Gasteiger partial charge in [0.05, 0.1) is 18.4 Å². The molecule has 6 nitrogen and oxygen atoms in total. The number of rotatable bonds is 5. The fraction of sp³-hybridized carbons (Fsp3) is 0.318. The minimum atomic E-state index is -0.0518. The highest BCUT2D eigenvalue weighted by Gasteiger charge is 2.19. The lowest BCUT2D eigenvalue weighted by Crippen LogP contribution is -2.36. The molecule has 0 unspecified atom stereocenters. The van der Waals surface area contributed by atoms with Crippen molar-refractivity contribution in [2.45, 2.75) is 39.3 Å². The second-order valence-electron chi connectivity index (χ2n) is 7.56. The summed E-state index contributed by atoms with van der Waals surface area (Å²) in [7, 11) is 1.75. The van der Waals surface area contributed by atoms with Crippen LogP contribution < -0.4 is 10.6 Å². The van der Waals surface area contributed by atoms with Crippen LogP contribution in [0.15, 0.2) is 64.3 Å². The number of nitrogens with zero attached hydrogens (tertiary/aromatic N) is 3. The van der Waals surface area contributed by atoms with Gasteiger partial charge in [-0.3, -0.25) is 9.98 Å². The van der Waals surface area contributed by atoms with E-state index >= 15 is 0 Å². The third-order valence-electron chi connectivity index (χ3n) is 4.27. The van der Waals surface area contributed by atoms with Crippen molar-refractivity contribution in [1.29, 1.82) is 0 Å². The molecule has 0 aliphatic carbocycles. The van der Waals surface area contributed by atoms with Gasteiger partial charge in [-0.2, -0.15) is 0 Å². The van der Waals surface area contributed by atoms with Crippen LogP contribution >= 0.6 is 24.0 Å². The summed E-state index contributed by atoms with van der Waals surface area (Å²) in [6.45, 7) is 7.43. The number of guanidine groups is 1. The van der Waals surface area contributed by atoms with Crippen molar-refractivity contribution in [3.63, 3.8) is 0 Å². The topological polar surface area (TPSA) is 75.3 Å². The third-order valence-corrected chi connectivity index (χ3v) is 4.27. The molecular formula is C22H28IN5O. The first-order chi connectivity index (χ1) is 13.5. The molecule has 0 fully saturated rings. The van der Waals surface area contributed by atoms with Crippen LogP contribution in [-0.2, 0) is 18.5 Å². The average molecular weight is 505 g/mol. The maximum atomic E-state index is 5.81. The first kappa shape index (κ1) is 22.9. The summed E-state index contributed by atoms with van der Waals surface area (Å²) in [5, 5.41) is 6.56. The number of pyridine rings is 1. The molecule has 0 atom stereocenters. The Kier molecular flexibility index (Phi) is 8.19. The first-order valence-electron chi connectivity index (χ1n) is 9.36. The van der Waals surface area contributed by atoms with Gasteiger partial charge in [0.15, 0.2) is 5.96 Å². The molecule has 0 spiro atoms. The van der Waals surface area contributed by atoms with Crippen LogP contribution in [0.2, 0.25) is 0 Å². The van der Waals surface area contributed by atoms with Gasteiger partial charge in [0.1, 0.15) is 5.76 Å². The zero-order valence-corrected chi connectivity index (χ0v) is 19.6. The highest BCUT2D eigenvalue weighted by Crippen LogP contribution is 2.22. The van der Waals surface area contributed by atoms with E-state index in [1.165, 1.54) is 0 Å². The average Bonchev–Trinajstić information content (AvgIpc) is 3.19. The van der Waals surface area contributed by atoms with Crippen molar-refractivity contribution in [2.75, 3.05) is 7.05 Å². The van der Waals surface area contributed by atoms with Crippen molar-refractivity contribution < 1.29 is 4.42 Å². The fourth-order valence-electron chi connectivity index (χ4n) is 2.68. The van der Waals surface area contributed by atoms with E-state index in [-0.39, 0.29) is 29.4 Å². The van der Waals surface area contributed by atoms with Crippen LogP contribution in [0.5, 0.6) is 0 Å². The van der Waals surface area contributed by atoms with Crippen molar-refractivity contribution >= 4 is 29.9 Å². The van der Waals surface area contributed by atoms with Gasteiger partial charge in [0, 0.05) is 30.8 Å². The zero-order chi connectivity index (χ0) is 20.0. The van der Waals surface area contributed by atoms with E-state index in [0.717, 1.165) is 22.6 Å². The Morgan fingerprint density at radius 1 is 1.03 bits per heavy atom. The highest BCUT2D eigenvalue weighted by molar-refractivity contribution is 14.0. The van der Waals surface area contributed by atoms with E-state index in [1.54, 1.807) is 19.4 Å². The molecule has 0 aliphatic heterocycles. The number of hydrogen-bond acceptors (Lipinski definition) is 4. The second-order valence-corrected chi connectivity index (χ2v) is 7.56. The number of aliphatic imine (C=N–C) groups is 1. The quantitative estimate of drug-likeness (QED) is 0.303. The molecule has 0 aliphatic rings. The molecule has 0 amide bonds. The summed E-state index contributed by atoms with van der Waals surface area (Å²) in [5.41, 5.74) is 3.16. The van der Waals surface area contributed by atoms with Crippen molar-refractivity contribution in [3.8, 4) is 11.3 Å². The standard InChI is InChI=1S/C22H27N5O.HI/c1-22(2,3)19-14-25-20(28-19)15-27-21(23-4)26-13-16-8-7-9-17(12-16)18-10-5-6-11-24-18;/h5-12,14H,13,15H2,1-4H3,(H2,23,26,27);1H. The van der Waals surface area contributed by atoms with Gasteiger partial charge in [0.2, 0.25) is 5.89 Å². The predicted molar refractivity (Wildman–Crippen MR) is 127 cm³/mol. The molecule has 2 aromatic heterocycles. The van der Waals surface area contributed by atoms with Crippen LogP contribution in [0.4, 0.5) is 0 Å². The van der Waals surface area contributed by atoms with Gasteiger partial charge < -0.3 is 15.1 Å². The van der Waals surface area contributed by atoms with E-state index in [9.17, 15) is 0 Å². The Labute approximate surface area is 189 Å². The van der Waals surface area contributed by atoms with E-state index < -0.39 is 0 Å². The molecule has 154 valence electrons. The summed E-state index contributed by atoms with van der Waals surface area (Å²) in [6, 6.07) is 14.2. The second kappa shape index (κ2) is 10.4. The summed E-state index contributed by atoms with van der Waals surface area (Å²) >= 11 is 0. The largest absolute Gasteiger partial charge is 0.443 e. The Morgan fingerprint density at radius 2 is 1.83 bits per heavy atom. The van der Waals surface area contributed by atoms with Crippen LogP contribution in [-0.4, -0.2) is 23.0 Å². The highest BCUT2D eigenvalue weighted by atomic mass is 127. The van der Waals surface area contributed by atoms with Crippen LogP contribution in [0.1, 0.15) is 38.0 Å². The molecule has 2 N–H and O–H groups in total. The Balaban J connectivity index is 0.00000300. The predicted octanol–water partition coefficient (Wildman–Crippen LogP) is 4.52. The van der Waals surface area contributed by atoms with Crippen LogP contribution in [0.3, 0.4) is 0 Å². The third kappa shape index (κ3) is 6.56. The van der Waals surface area contributed by atoms with E-state index in [2.05, 4.69) is 64.6 Å². The number of aromatic nitrogens is 2. The van der Waals surface area contributed by atoms with E-state index in [1.807, 2.05) is 24.3 Å². The lowest BCUT2D eigenvalue weighted by Gasteiger charge is -2.13. The summed E-state index contributed by atoms with van der Waals surface area (Å²) in [6.07, 6.45) is 3.59. The Hall–Kier alpha value is -2.42. The maximum Gasteiger partial charge on any atom is 0.213 e. The van der Waals surface area contributed by atoms with Crippen LogP contribution in [0, 0.1) is 0 Å². The van der Waals surface area contributed by atoms with Gasteiger partial charge in [-0.15, -0.1) is 24.0 Å². The van der Waals surface area contributed by atoms with E-state index in [0.29, 0.717) is 24.9 Å². The number of oxazole rings is 1. The van der Waals surface area contributed by atoms with Crippen molar-refractivity contribution in [1.82, 2.24) is 20.6 Å². The lowest BCUT2D eigenvalue weighted by molar-refractivity contribution is 0.379. The zero-order valence-electron chi connectivity index (χ0n) is 17.3. The van der Waals surface area contributed by atoms with E-state index in [4.69, 9.17) is 4.42 Å². The summed E-state index contributed by atoms with van der Waals surface area (Å²) in [5.74, 6) is 2.21. The van der Waals surface area contributed by atoms with Crippen molar-refractivity contribution in [3.05, 3.63) is 72.1 Å². The minimum Gasteiger partial charge on any atom is -0.443 e. The fourth-order valence-corrected chi connectivity index (χ4v) is 2.68. The number of halogens is 1. The van der Waals surface area contributed by atoms with Gasteiger partial charge in [0.25, 0.3) is 0 Å². The molecule has 0 saturated heterocycles. The molecule has 1 aromatic carbocycles. The molecule has 0 radical (unpaired) electrons. The normalized spacial score (nSPS) is 11.7. The van der Waals surface area contributed by atoms with Gasteiger partial charge in [-0.1, -0.05) is 45.0 Å². The van der Waals surface area contributed by atoms with Gasteiger partial charge in [-0.25, -0.2) is 4.98 Å². The number of nitrogens with one attached hydrogen (secondary N) is 2. The first-order valence-corrected chi connectivity index (χ1v) is 9.36. The number of benzene rings is 1. The van der Waals surface area contributed by atoms with Crippen molar-refractivity contribution in [2.24, 2.45) is 4.99 Å². The molecule has 0 saturated carbocycles. The lowest BCUT2D eigenvalue weighted by atomic mass is 9.94. The Morgan fingerprint density at radius 3 is 2.48 bits per heavy atom. The summed E-state index contributed by atoms with van der Waals surface area (Å²) < 4.78 is 5.81. The molecule has 3 aromatic rings. The molecule has 2 heterocycles. The Bertz CT molecular complexity index is 932. The molecule has 29 heavy (non-hydrogen) atoms. The molecule has 7 heteroatoms. The molecular weight excluding hydrogens is 477 g/mol. The maximum absolute atomic E-state index is 5.81. The smallest absolute Gasteiger partial charge is 0.213 e.